The first kappa shape index (κ1) is 27.2. The number of ether oxygens (including phenoxy) is 1. The maximum absolute atomic E-state index is 13.8. The lowest BCUT2D eigenvalue weighted by Crippen LogP contribution is -2.26. The van der Waals surface area contributed by atoms with Crippen LogP contribution in [0.1, 0.15) is 70.4 Å². The van der Waals surface area contributed by atoms with Gasteiger partial charge in [0.2, 0.25) is 0 Å². The van der Waals surface area contributed by atoms with Gasteiger partial charge in [-0.05, 0) is 55.0 Å². The fourth-order valence-corrected chi connectivity index (χ4v) is 5.49. The van der Waals surface area contributed by atoms with Gasteiger partial charge in [0, 0.05) is 30.3 Å². The number of anilines is 1. The third-order valence-electron chi connectivity index (χ3n) is 8.30. The molecule has 6 heteroatoms. The number of nitrogens with one attached hydrogen (secondary N) is 1. The highest BCUT2D eigenvalue weighted by atomic mass is 19.4. The summed E-state index contributed by atoms with van der Waals surface area (Å²) >= 11 is 0. The van der Waals surface area contributed by atoms with Gasteiger partial charge >= 0.3 is 6.18 Å². The van der Waals surface area contributed by atoms with Crippen LogP contribution in [-0.4, -0.2) is 18.0 Å². The average molecular weight is 513 g/mol. The molecule has 1 saturated heterocycles. The summed E-state index contributed by atoms with van der Waals surface area (Å²) in [6.07, 6.45) is 3.13. The second-order valence-corrected chi connectivity index (χ2v) is 11.2. The summed E-state index contributed by atoms with van der Waals surface area (Å²) in [7, 11) is 0. The lowest BCUT2D eigenvalue weighted by molar-refractivity contribution is -0.137. The molecule has 1 aliphatic heterocycles. The normalized spacial score (nSPS) is 19.1. The SMILES string of the molecule is C=C(Nc1cc(Oc2cccc(C(C)(C)C(=C)C)c2)cc(C(F)(F)F)c1)N1CCC(C2CCCCC2)C1. The summed E-state index contributed by atoms with van der Waals surface area (Å²) in [5.41, 5.74) is 1.23. The second-order valence-electron chi connectivity index (χ2n) is 11.2. The number of alkyl halides is 3. The molecular formula is C31H39F3N2O. The van der Waals surface area contributed by atoms with E-state index in [9.17, 15) is 13.2 Å². The van der Waals surface area contributed by atoms with E-state index in [1.165, 1.54) is 32.1 Å². The van der Waals surface area contributed by atoms with Crippen LogP contribution < -0.4 is 10.1 Å². The standard InChI is InChI=1S/C31H39F3N2O/c1-21(2)30(4,5)25-12-9-13-28(17-25)37-29-18-26(31(32,33)34)16-27(19-29)35-22(3)36-15-14-24(20-36)23-10-7-6-8-11-23/h9,12-13,16-19,23-24,35H,1,3,6-8,10-11,14-15,20H2,2,4-5H3. The molecule has 0 aromatic heterocycles. The van der Waals surface area contributed by atoms with Crippen molar-refractivity contribution in [3.05, 3.63) is 78.1 Å². The smallest absolute Gasteiger partial charge is 0.416 e. The van der Waals surface area contributed by atoms with Gasteiger partial charge in [0.25, 0.3) is 0 Å². The molecule has 1 saturated carbocycles. The van der Waals surface area contributed by atoms with Gasteiger partial charge in [0.15, 0.2) is 0 Å². The minimum atomic E-state index is -4.50. The van der Waals surface area contributed by atoms with Crippen LogP contribution in [0.4, 0.5) is 18.9 Å². The van der Waals surface area contributed by atoms with Crippen LogP contribution in [0.5, 0.6) is 11.5 Å². The van der Waals surface area contributed by atoms with Gasteiger partial charge in [-0.1, -0.05) is 76.8 Å². The number of hydrogen-bond acceptors (Lipinski definition) is 3. The van der Waals surface area contributed by atoms with Gasteiger partial charge in [-0.2, -0.15) is 13.2 Å². The third-order valence-corrected chi connectivity index (χ3v) is 8.30. The number of allylic oxidation sites excluding steroid dienone is 1. The summed E-state index contributed by atoms with van der Waals surface area (Å²) in [5.74, 6) is 2.62. The first-order valence-corrected chi connectivity index (χ1v) is 13.3. The Hall–Kier alpha value is -2.89. The zero-order valence-corrected chi connectivity index (χ0v) is 22.3. The van der Waals surface area contributed by atoms with E-state index in [2.05, 4.69) is 37.2 Å². The van der Waals surface area contributed by atoms with Crippen LogP contribution in [0, 0.1) is 11.8 Å². The Kier molecular flexibility index (Phi) is 7.96. The molecule has 37 heavy (non-hydrogen) atoms. The van der Waals surface area contributed by atoms with Crippen LogP contribution in [0.2, 0.25) is 0 Å². The minimum absolute atomic E-state index is 0.122. The van der Waals surface area contributed by atoms with E-state index in [0.29, 0.717) is 23.2 Å². The van der Waals surface area contributed by atoms with Crippen LogP contribution in [0.15, 0.2) is 67.0 Å². The van der Waals surface area contributed by atoms with Crippen molar-refractivity contribution in [2.24, 2.45) is 11.8 Å². The van der Waals surface area contributed by atoms with Crippen LogP contribution in [0.3, 0.4) is 0 Å². The first-order valence-electron chi connectivity index (χ1n) is 13.3. The lowest BCUT2D eigenvalue weighted by Gasteiger charge is -2.28. The quantitative estimate of drug-likeness (QED) is 0.357. The molecule has 200 valence electrons. The van der Waals surface area contributed by atoms with Gasteiger partial charge in [0.05, 0.1) is 11.4 Å². The van der Waals surface area contributed by atoms with Crippen molar-refractivity contribution >= 4 is 5.69 Å². The van der Waals surface area contributed by atoms with Crippen molar-refractivity contribution in [1.82, 2.24) is 4.90 Å². The molecule has 1 atom stereocenters. The van der Waals surface area contributed by atoms with Gasteiger partial charge in [-0.25, -0.2) is 0 Å². The Morgan fingerprint density at radius 1 is 0.919 bits per heavy atom. The summed E-state index contributed by atoms with van der Waals surface area (Å²) < 4.78 is 47.3. The molecule has 0 radical (unpaired) electrons. The molecule has 2 aliphatic rings. The van der Waals surface area contributed by atoms with E-state index < -0.39 is 11.7 Å². The van der Waals surface area contributed by atoms with Gasteiger partial charge in [-0.15, -0.1) is 0 Å². The molecule has 2 aromatic rings. The highest BCUT2D eigenvalue weighted by molar-refractivity contribution is 5.55. The molecule has 0 amide bonds. The van der Waals surface area contributed by atoms with E-state index in [-0.39, 0.29) is 11.2 Å². The predicted molar refractivity (Wildman–Crippen MR) is 145 cm³/mol. The lowest BCUT2D eigenvalue weighted by atomic mass is 9.79. The number of nitrogens with zero attached hydrogens (tertiary/aromatic N) is 1. The zero-order chi connectivity index (χ0) is 26.8. The van der Waals surface area contributed by atoms with Gasteiger partial charge in [0.1, 0.15) is 11.5 Å². The maximum Gasteiger partial charge on any atom is 0.416 e. The summed E-state index contributed by atoms with van der Waals surface area (Å²) in [6, 6.07) is 11.2. The van der Waals surface area contributed by atoms with Gasteiger partial charge < -0.3 is 15.0 Å². The fraction of sp³-hybridized carbons (Fsp3) is 0.484. The Balaban J connectivity index is 1.51. The molecule has 3 nitrogen and oxygen atoms in total. The number of likely N-dealkylation sites (tertiary alicyclic amines) is 1. The van der Waals surface area contributed by atoms with Crippen molar-refractivity contribution in [2.75, 3.05) is 18.4 Å². The number of halogens is 3. The predicted octanol–water partition coefficient (Wildman–Crippen LogP) is 9.14. The summed E-state index contributed by atoms with van der Waals surface area (Å²) in [4.78, 5) is 2.17. The second kappa shape index (κ2) is 10.8. The topological polar surface area (TPSA) is 24.5 Å². The molecule has 1 heterocycles. The highest BCUT2D eigenvalue weighted by Gasteiger charge is 2.33. The Morgan fingerprint density at radius 3 is 2.30 bits per heavy atom. The highest BCUT2D eigenvalue weighted by Crippen LogP contribution is 2.39. The molecule has 4 rings (SSSR count). The average Bonchev–Trinajstić information content (AvgIpc) is 3.35. The van der Waals surface area contributed by atoms with Crippen LogP contribution in [0.25, 0.3) is 0 Å². The molecule has 0 spiro atoms. The minimum Gasteiger partial charge on any atom is -0.457 e. The molecule has 1 aliphatic carbocycles. The molecule has 2 fully saturated rings. The van der Waals surface area contributed by atoms with E-state index in [1.54, 1.807) is 12.1 Å². The number of rotatable bonds is 8. The first-order chi connectivity index (χ1) is 17.4. The molecule has 2 aromatic carbocycles. The molecular weight excluding hydrogens is 473 g/mol. The van der Waals surface area contributed by atoms with Gasteiger partial charge in [-0.3, -0.25) is 0 Å². The Bertz CT molecular complexity index is 1130. The van der Waals surface area contributed by atoms with Crippen molar-refractivity contribution in [3.63, 3.8) is 0 Å². The maximum atomic E-state index is 13.8. The summed E-state index contributed by atoms with van der Waals surface area (Å²) in [5, 5.41) is 3.14. The number of benzene rings is 2. The van der Waals surface area contributed by atoms with E-state index in [1.807, 2.05) is 25.1 Å². The zero-order valence-electron chi connectivity index (χ0n) is 22.3. The monoisotopic (exact) mass is 512 g/mol. The molecule has 1 N–H and O–H groups in total. The van der Waals surface area contributed by atoms with Crippen molar-refractivity contribution < 1.29 is 17.9 Å². The Morgan fingerprint density at radius 2 is 1.62 bits per heavy atom. The fourth-order valence-electron chi connectivity index (χ4n) is 5.49. The number of hydrogen-bond donors (Lipinski definition) is 1. The van der Waals surface area contributed by atoms with Crippen molar-refractivity contribution in [1.29, 1.82) is 0 Å². The van der Waals surface area contributed by atoms with Crippen LogP contribution in [-0.2, 0) is 11.6 Å². The van der Waals surface area contributed by atoms with E-state index in [0.717, 1.165) is 48.7 Å². The third kappa shape index (κ3) is 6.52. The van der Waals surface area contributed by atoms with Crippen molar-refractivity contribution in [2.45, 2.75) is 70.9 Å². The molecule has 0 bridgehead atoms. The summed E-state index contributed by atoms with van der Waals surface area (Å²) in [6.45, 7) is 16.1. The Labute approximate surface area is 219 Å². The van der Waals surface area contributed by atoms with Crippen molar-refractivity contribution in [3.8, 4) is 11.5 Å². The molecule has 1 unspecified atom stereocenters. The van der Waals surface area contributed by atoms with E-state index in [4.69, 9.17) is 4.74 Å². The largest absolute Gasteiger partial charge is 0.457 e. The van der Waals surface area contributed by atoms with Crippen LogP contribution >= 0.6 is 0 Å². The van der Waals surface area contributed by atoms with E-state index >= 15 is 0 Å².